The summed E-state index contributed by atoms with van der Waals surface area (Å²) in [5.74, 6) is 0.431. The van der Waals surface area contributed by atoms with Crippen LogP contribution in [0.4, 0.5) is 11.4 Å². The first-order valence-corrected chi connectivity index (χ1v) is 8.53. The molecule has 0 bridgehead atoms. The summed E-state index contributed by atoms with van der Waals surface area (Å²) in [5.41, 5.74) is 0.267. The Morgan fingerprint density at radius 2 is 2.14 bits per heavy atom. The molecule has 0 atom stereocenters. The van der Waals surface area contributed by atoms with Crippen molar-refractivity contribution in [1.29, 1.82) is 0 Å². The molecule has 1 aromatic rings. The topological polar surface area (TPSA) is 102 Å². The van der Waals surface area contributed by atoms with Gasteiger partial charge in [-0.3, -0.25) is 10.1 Å². The Labute approximate surface area is 129 Å². The molecule has 2 rings (SSSR count). The molecule has 0 amide bonds. The van der Waals surface area contributed by atoms with Gasteiger partial charge in [-0.15, -0.1) is 0 Å². The van der Waals surface area contributed by atoms with Crippen molar-refractivity contribution in [1.82, 2.24) is 4.31 Å². The highest BCUT2D eigenvalue weighted by molar-refractivity contribution is 7.89. The number of nitro benzene ring substituents is 1. The lowest BCUT2D eigenvalue weighted by Crippen LogP contribution is -2.52. The Bertz CT molecular complexity index is 656. The summed E-state index contributed by atoms with van der Waals surface area (Å²) in [6.45, 7) is 2.98. The second-order valence-corrected chi connectivity index (χ2v) is 7.34. The van der Waals surface area contributed by atoms with Gasteiger partial charge in [-0.25, -0.2) is 12.7 Å². The molecule has 1 aliphatic heterocycles. The monoisotopic (exact) mass is 329 g/mol. The van der Waals surface area contributed by atoms with Gasteiger partial charge in [-0.2, -0.15) is 0 Å². The second-order valence-electron chi connectivity index (χ2n) is 5.08. The van der Waals surface area contributed by atoms with E-state index in [2.05, 4.69) is 5.32 Å². The quantitative estimate of drug-likeness (QED) is 0.597. The van der Waals surface area contributed by atoms with Crippen molar-refractivity contribution in [3.63, 3.8) is 0 Å². The highest BCUT2D eigenvalue weighted by atomic mass is 32.2. The molecule has 1 aromatic carbocycles. The first kappa shape index (κ1) is 16.5. The molecule has 1 N–H and O–H groups in total. The highest BCUT2D eigenvalue weighted by Gasteiger charge is 2.34. The van der Waals surface area contributed by atoms with Crippen molar-refractivity contribution >= 4 is 21.4 Å². The van der Waals surface area contributed by atoms with Crippen molar-refractivity contribution in [2.24, 2.45) is 5.92 Å². The van der Waals surface area contributed by atoms with Crippen LogP contribution in [0.1, 0.15) is 6.92 Å². The first-order valence-electron chi connectivity index (χ1n) is 6.92. The number of anilines is 1. The number of hydrogen-bond acceptors (Lipinski definition) is 6. The van der Waals surface area contributed by atoms with Gasteiger partial charge in [-0.05, 0) is 19.1 Å². The third-order valence-electron chi connectivity index (χ3n) is 3.66. The van der Waals surface area contributed by atoms with Gasteiger partial charge in [-0.1, -0.05) is 6.07 Å². The number of para-hydroxylation sites is 1. The number of nitrogens with one attached hydrogen (secondary N) is 1. The van der Waals surface area contributed by atoms with Gasteiger partial charge in [0.15, 0.2) is 5.75 Å². The van der Waals surface area contributed by atoms with Crippen molar-refractivity contribution in [3.05, 3.63) is 28.3 Å². The molecular weight excluding hydrogens is 310 g/mol. The maximum Gasteiger partial charge on any atom is 0.333 e. The van der Waals surface area contributed by atoms with Crippen LogP contribution in [0.25, 0.3) is 0 Å². The molecule has 0 radical (unpaired) electrons. The number of rotatable bonds is 7. The lowest BCUT2D eigenvalue weighted by molar-refractivity contribution is -0.384. The average molecular weight is 329 g/mol. The average Bonchev–Trinajstić information content (AvgIpc) is 2.44. The van der Waals surface area contributed by atoms with E-state index in [0.717, 1.165) is 0 Å². The maximum absolute atomic E-state index is 11.6. The molecule has 0 saturated carbocycles. The number of hydrogen-bond donors (Lipinski definition) is 1. The lowest BCUT2D eigenvalue weighted by Gasteiger charge is -2.38. The Kier molecular flexibility index (Phi) is 4.87. The number of methoxy groups -OCH3 is 1. The van der Waals surface area contributed by atoms with Gasteiger partial charge in [0.1, 0.15) is 5.69 Å². The van der Waals surface area contributed by atoms with E-state index in [9.17, 15) is 18.5 Å². The Hall–Kier alpha value is -1.87. The Balaban J connectivity index is 1.98. The number of sulfonamides is 1. The van der Waals surface area contributed by atoms with E-state index in [1.54, 1.807) is 19.1 Å². The van der Waals surface area contributed by atoms with Crippen LogP contribution in [0.3, 0.4) is 0 Å². The van der Waals surface area contributed by atoms with Crippen LogP contribution in [0, 0.1) is 16.0 Å². The first-order chi connectivity index (χ1) is 10.4. The third-order valence-corrected chi connectivity index (χ3v) is 5.48. The van der Waals surface area contributed by atoms with Crippen LogP contribution in [0.15, 0.2) is 18.2 Å². The van der Waals surface area contributed by atoms with Crippen LogP contribution < -0.4 is 10.1 Å². The molecule has 1 heterocycles. The lowest BCUT2D eigenvalue weighted by atomic mass is 10.0. The fourth-order valence-corrected chi connectivity index (χ4v) is 3.57. The standard InChI is InChI=1S/C13H19N3O5S/c1-3-22(19,20)15-8-10(9-15)7-14-11-5-4-6-12(21-2)13(11)16(17)18/h4-6,10,14H,3,7-9H2,1-2H3. The van der Waals surface area contributed by atoms with E-state index in [1.807, 2.05) is 0 Å². The maximum atomic E-state index is 11.6. The van der Waals surface area contributed by atoms with Gasteiger partial charge in [0.05, 0.1) is 17.8 Å². The van der Waals surface area contributed by atoms with E-state index in [4.69, 9.17) is 4.74 Å². The fraction of sp³-hybridized carbons (Fsp3) is 0.538. The summed E-state index contributed by atoms with van der Waals surface area (Å²) < 4.78 is 29.7. The van der Waals surface area contributed by atoms with Crippen LogP contribution in [0.2, 0.25) is 0 Å². The molecule has 0 aromatic heterocycles. The number of ether oxygens (including phenoxy) is 1. The minimum Gasteiger partial charge on any atom is -0.490 e. The smallest absolute Gasteiger partial charge is 0.333 e. The molecule has 22 heavy (non-hydrogen) atoms. The van der Waals surface area contributed by atoms with Crippen LogP contribution >= 0.6 is 0 Å². The minimum atomic E-state index is -3.13. The Morgan fingerprint density at radius 1 is 1.45 bits per heavy atom. The molecule has 1 fully saturated rings. The largest absolute Gasteiger partial charge is 0.490 e. The molecule has 1 aliphatic rings. The molecule has 9 heteroatoms. The summed E-state index contributed by atoms with van der Waals surface area (Å²) >= 11 is 0. The molecule has 0 aliphatic carbocycles. The minimum absolute atomic E-state index is 0.0918. The zero-order valence-electron chi connectivity index (χ0n) is 12.5. The van der Waals surface area contributed by atoms with Crippen molar-refractivity contribution < 1.29 is 18.1 Å². The molecule has 0 unspecified atom stereocenters. The highest BCUT2D eigenvalue weighted by Crippen LogP contribution is 2.34. The molecule has 122 valence electrons. The summed E-state index contributed by atoms with van der Waals surface area (Å²) in [7, 11) is -1.75. The Morgan fingerprint density at radius 3 is 2.68 bits per heavy atom. The van der Waals surface area contributed by atoms with E-state index >= 15 is 0 Å². The van der Waals surface area contributed by atoms with Gasteiger partial charge < -0.3 is 10.1 Å². The van der Waals surface area contributed by atoms with E-state index in [0.29, 0.717) is 25.3 Å². The number of nitro groups is 1. The summed E-state index contributed by atoms with van der Waals surface area (Å²) in [5, 5.41) is 14.2. The van der Waals surface area contributed by atoms with Gasteiger partial charge in [0.2, 0.25) is 10.0 Å². The third kappa shape index (κ3) is 3.30. The summed E-state index contributed by atoms with van der Waals surface area (Å²) in [6.07, 6.45) is 0. The number of nitrogens with zero attached hydrogens (tertiary/aromatic N) is 2. The zero-order valence-corrected chi connectivity index (χ0v) is 13.3. The van der Waals surface area contributed by atoms with Gasteiger partial charge >= 0.3 is 5.69 Å². The molecule has 1 saturated heterocycles. The van der Waals surface area contributed by atoms with Gasteiger partial charge in [0.25, 0.3) is 0 Å². The van der Waals surface area contributed by atoms with Crippen molar-refractivity contribution in [3.8, 4) is 5.75 Å². The predicted octanol–water partition coefficient (Wildman–Crippen LogP) is 1.30. The van der Waals surface area contributed by atoms with Gasteiger partial charge in [0, 0.05) is 25.6 Å². The summed E-state index contributed by atoms with van der Waals surface area (Å²) in [6, 6.07) is 4.81. The van der Waals surface area contributed by atoms with E-state index < -0.39 is 14.9 Å². The second kappa shape index (κ2) is 6.49. The molecule has 8 nitrogen and oxygen atoms in total. The van der Waals surface area contributed by atoms with Crippen LogP contribution in [-0.2, 0) is 10.0 Å². The summed E-state index contributed by atoms with van der Waals surface area (Å²) in [4.78, 5) is 10.7. The van der Waals surface area contributed by atoms with E-state index in [-0.39, 0.29) is 23.1 Å². The molecule has 0 spiro atoms. The van der Waals surface area contributed by atoms with Crippen LogP contribution in [-0.4, -0.2) is 50.1 Å². The van der Waals surface area contributed by atoms with Crippen molar-refractivity contribution in [2.75, 3.05) is 37.8 Å². The predicted molar refractivity (Wildman–Crippen MR) is 82.7 cm³/mol. The SMILES string of the molecule is CCS(=O)(=O)N1CC(CNc2cccc(OC)c2[N+](=O)[O-])C1. The zero-order chi connectivity index (χ0) is 16.3. The number of benzene rings is 1. The van der Waals surface area contributed by atoms with Crippen LogP contribution in [0.5, 0.6) is 5.75 Å². The van der Waals surface area contributed by atoms with E-state index in [1.165, 1.54) is 17.5 Å². The fourth-order valence-electron chi connectivity index (χ4n) is 2.33. The normalized spacial score (nSPS) is 16.1. The van der Waals surface area contributed by atoms with Crippen molar-refractivity contribution in [2.45, 2.75) is 6.92 Å². The molecular formula is C13H19N3O5S.